The summed E-state index contributed by atoms with van der Waals surface area (Å²) in [4.78, 5) is 11.5. The molecule has 1 heterocycles. The van der Waals surface area contributed by atoms with Crippen LogP contribution in [0.5, 0.6) is 0 Å². The number of fused-ring (bicyclic) bond motifs is 1. The molecule has 1 aromatic carbocycles. The number of amides is 1. The fourth-order valence-corrected chi connectivity index (χ4v) is 4.21. The quantitative estimate of drug-likeness (QED) is 0.625. The third-order valence-electron chi connectivity index (χ3n) is 3.09. The SMILES string of the molecule is CCCNCCNS(=O)(=O)c1cc2c(cc1Br)NC(=O)C2. The monoisotopic (exact) mass is 375 g/mol. The first-order chi connectivity index (χ1) is 9.94. The van der Waals surface area contributed by atoms with Crippen LogP contribution in [0.4, 0.5) is 5.69 Å². The van der Waals surface area contributed by atoms with Crippen LogP contribution >= 0.6 is 15.9 Å². The maximum Gasteiger partial charge on any atom is 0.241 e. The van der Waals surface area contributed by atoms with E-state index in [4.69, 9.17) is 0 Å². The van der Waals surface area contributed by atoms with Crippen LogP contribution in [0.15, 0.2) is 21.5 Å². The predicted octanol–water partition coefficient (Wildman–Crippen LogP) is 1.22. The Kier molecular flexibility index (Phi) is 5.37. The zero-order valence-electron chi connectivity index (χ0n) is 11.7. The van der Waals surface area contributed by atoms with Crippen LogP contribution in [0.1, 0.15) is 18.9 Å². The van der Waals surface area contributed by atoms with E-state index in [0.29, 0.717) is 28.8 Å². The van der Waals surface area contributed by atoms with Gasteiger partial charge >= 0.3 is 0 Å². The average Bonchev–Trinajstić information content (AvgIpc) is 2.76. The summed E-state index contributed by atoms with van der Waals surface area (Å²) < 4.78 is 27.6. The Balaban J connectivity index is 2.10. The summed E-state index contributed by atoms with van der Waals surface area (Å²) >= 11 is 3.25. The molecule has 0 aliphatic carbocycles. The van der Waals surface area contributed by atoms with E-state index in [1.54, 1.807) is 12.1 Å². The van der Waals surface area contributed by atoms with Gasteiger partial charge in [-0.1, -0.05) is 6.92 Å². The topological polar surface area (TPSA) is 87.3 Å². The predicted molar refractivity (Wildman–Crippen MR) is 84.8 cm³/mol. The molecule has 0 saturated carbocycles. The molecule has 0 unspecified atom stereocenters. The molecule has 0 spiro atoms. The van der Waals surface area contributed by atoms with E-state index in [1.807, 2.05) is 6.92 Å². The molecule has 0 saturated heterocycles. The van der Waals surface area contributed by atoms with Gasteiger partial charge in [-0.3, -0.25) is 4.79 Å². The van der Waals surface area contributed by atoms with Crippen molar-refractivity contribution in [2.24, 2.45) is 0 Å². The molecule has 8 heteroatoms. The van der Waals surface area contributed by atoms with Crippen molar-refractivity contribution in [3.63, 3.8) is 0 Å². The number of sulfonamides is 1. The zero-order valence-corrected chi connectivity index (χ0v) is 14.1. The minimum Gasteiger partial charge on any atom is -0.325 e. The fourth-order valence-electron chi connectivity index (χ4n) is 2.08. The molecule has 0 fully saturated rings. The molecule has 1 amide bonds. The van der Waals surface area contributed by atoms with Gasteiger partial charge in [0.1, 0.15) is 0 Å². The number of halogens is 1. The smallest absolute Gasteiger partial charge is 0.241 e. The van der Waals surface area contributed by atoms with Crippen LogP contribution in [-0.4, -0.2) is 34.0 Å². The molecule has 3 N–H and O–H groups in total. The van der Waals surface area contributed by atoms with Crippen molar-refractivity contribution < 1.29 is 13.2 Å². The minimum absolute atomic E-state index is 0.122. The minimum atomic E-state index is -3.59. The lowest BCUT2D eigenvalue weighted by Gasteiger charge is -2.10. The first kappa shape index (κ1) is 16.4. The van der Waals surface area contributed by atoms with Crippen molar-refractivity contribution in [1.82, 2.24) is 10.0 Å². The van der Waals surface area contributed by atoms with E-state index >= 15 is 0 Å². The summed E-state index contributed by atoms with van der Waals surface area (Å²) in [5, 5.41) is 5.82. The summed E-state index contributed by atoms with van der Waals surface area (Å²) in [6.45, 7) is 3.81. The van der Waals surface area contributed by atoms with Gasteiger partial charge in [-0.15, -0.1) is 0 Å². The van der Waals surface area contributed by atoms with Crippen LogP contribution in [0, 0.1) is 0 Å². The number of anilines is 1. The maximum absolute atomic E-state index is 12.3. The second-order valence-corrected chi connectivity index (χ2v) is 7.40. The van der Waals surface area contributed by atoms with Gasteiger partial charge in [0.15, 0.2) is 0 Å². The highest BCUT2D eigenvalue weighted by Gasteiger charge is 2.24. The van der Waals surface area contributed by atoms with Crippen LogP contribution < -0.4 is 15.4 Å². The number of hydrogen-bond acceptors (Lipinski definition) is 4. The van der Waals surface area contributed by atoms with Gasteiger partial charge in [0.25, 0.3) is 0 Å². The molecular weight excluding hydrogens is 358 g/mol. The standard InChI is InChI=1S/C13H18BrN3O3S/c1-2-3-15-4-5-16-21(19,20)12-6-9-7-13(18)17-11(9)8-10(12)14/h6,8,15-16H,2-5,7H2,1H3,(H,17,18). The molecule has 2 rings (SSSR count). The number of hydrogen-bond donors (Lipinski definition) is 3. The van der Waals surface area contributed by atoms with Gasteiger partial charge < -0.3 is 10.6 Å². The zero-order chi connectivity index (χ0) is 15.5. The highest BCUT2D eigenvalue weighted by molar-refractivity contribution is 9.10. The van der Waals surface area contributed by atoms with Gasteiger partial charge in [-0.2, -0.15) is 0 Å². The van der Waals surface area contributed by atoms with Crippen LogP contribution in [0.2, 0.25) is 0 Å². The largest absolute Gasteiger partial charge is 0.325 e. The lowest BCUT2D eigenvalue weighted by molar-refractivity contribution is -0.115. The van der Waals surface area contributed by atoms with E-state index in [2.05, 4.69) is 31.3 Å². The Bertz CT molecular complexity index is 646. The van der Waals surface area contributed by atoms with E-state index in [1.165, 1.54) is 0 Å². The van der Waals surface area contributed by atoms with E-state index in [9.17, 15) is 13.2 Å². The average molecular weight is 376 g/mol. The normalized spacial score (nSPS) is 14.1. The summed E-state index contributed by atoms with van der Waals surface area (Å²) in [6, 6.07) is 3.17. The van der Waals surface area contributed by atoms with Crippen LogP contribution in [0.25, 0.3) is 0 Å². The van der Waals surface area contributed by atoms with Crippen LogP contribution in [-0.2, 0) is 21.2 Å². The Morgan fingerprint density at radius 1 is 1.29 bits per heavy atom. The molecule has 0 aromatic heterocycles. The maximum atomic E-state index is 12.3. The number of nitrogens with one attached hydrogen (secondary N) is 3. The van der Waals surface area contributed by atoms with Gasteiger partial charge in [0.05, 0.1) is 11.3 Å². The lowest BCUT2D eigenvalue weighted by Crippen LogP contribution is -2.32. The number of carbonyl (C=O) groups is 1. The third kappa shape index (κ3) is 4.03. The fraction of sp³-hybridized carbons (Fsp3) is 0.462. The van der Waals surface area contributed by atoms with Gasteiger partial charge in [0, 0.05) is 23.2 Å². The van der Waals surface area contributed by atoms with E-state index in [-0.39, 0.29) is 17.2 Å². The second kappa shape index (κ2) is 6.87. The molecule has 1 aliphatic heterocycles. The highest BCUT2D eigenvalue weighted by atomic mass is 79.9. The second-order valence-electron chi connectivity index (χ2n) is 4.81. The van der Waals surface area contributed by atoms with E-state index < -0.39 is 10.0 Å². The summed E-state index contributed by atoms with van der Waals surface area (Å²) in [5.74, 6) is -0.122. The molecule has 0 atom stereocenters. The first-order valence-electron chi connectivity index (χ1n) is 6.76. The molecule has 1 aliphatic rings. The summed E-state index contributed by atoms with van der Waals surface area (Å²) in [6.07, 6.45) is 1.22. The van der Waals surface area contributed by atoms with Gasteiger partial charge in [-0.05, 0) is 46.6 Å². The van der Waals surface area contributed by atoms with Crippen molar-refractivity contribution in [1.29, 1.82) is 0 Å². The Labute approximate surface area is 132 Å². The third-order valence-corrected chi connectivity index (χ3v) is 5.51. The van der Waals surface area contributed by atoms with Crippen molar-refractivity contribution in [3.05, 3.63) is 22.2 Å². The van der Waals surface area contributed by atoms with Gasteiger partial charge in [-0.25, -0.2) is 13.1 Å². The van der Waals surface area contributed by atoms with Crippen LogP contribution in [0.3, 0.4) is 0 Å². The summed E-state index contributed by atoms with van der Waals surface area (Å²) in [7, 11) is -3.59. The Hall–Kier alpha value is -0.960. The molecule has 116 valence electrons. The molecule has 21 heavy (non-hydrogen) atoms. The Morgan fingerprint density at radius 3 is 2.76 bits per heavy atom. The number of carbonyl (C=O) groups excluding carboxylic acids is 1. The Morgan fingerprint density at radius 2 is 2.05 bits per heavy atom. The number of rotatable bonds is 7. The van der Waals surface area contributed by atoms with Crippen molar-refractivity contribution >= 4 is 37.5 Å². The molecule has 0 radical (unpaired) electrons. The highest BCUT2D eigenvalue weighted by Crippen LogP contribution is 2.32. The molecule has 1 aromatic rings. The first-order valence-corrected chi connectivity index (χ1v) is 9.04. The summed E-state index contributed by atoms with van der Waals surface area (Å²) in [5.41, 5.74) is 1.36. The van der Waals surface area contributed by atoms with Gasteiger partial charge in [0.2, 0.25) is 15.9 Å². The lowest BCUT2D eigenvalue weighted by atomic mass is 10.2. The molecule has 6 nitrogen and oxygen atoms in total. The van der Waals surface area contributed by atoms with E-state index in [0.717, 1.165) is 13.0 Å². The molecule has 0 bridgehead atoms. The molecular formula is C13H18BrN3O3S. The van der Waals surface area contributed by atoms with Crippen molar-refractivity contribution in [3.8, 4) is 0 Å². The van der Waals surface area contributed by atoms with Crippen molar-refractivity contribution in [2.45, 2.75) is 24.7 Å². The number of benzene rings is 1. The van der Waals surface area contributed by atoms with Crippen molar-refractivity contribution in [2.75, 3.05) is 25.0 Å².